The summed E-state index contributed by atoms with van der Waals surface area (Å²) in [5, 5.41) is 0.719. The molecule has 0 amide bonds. The highest BCUT2D eigenvalue weighted by molar-refractivity contribution is 6.32. The molecule has 3 nitrogen and oxygen atoms in total. The molecule has 1 aliphatic carbocycles. The van der Waals surface area contributed by atoms with E-state index >= 15 is 0 Å². The quantitative estimate of drug-likeness (QED) is 0.896. The lowest BCUT2D eigenvalue weighted by Crippen LogP contribution is -2.22. The average molecular weight is 268 g/mol. The molecule has 98 valence electrons. The number of hydrogen-bond donors (Lipinski definition) is 1. The van der Waals surface area contributed by atoms with Crippen molar-refractivity contribution in [1.29, 1.82) is 0 Å². The molecule has 1 heterocycles. The number of benzene rings is 1. The highest BCUT2D eigenvalue weighted by atomic mass is 35.5. The molecule has 3 rings (SSSR count). The summed E-state index contributed by atoms with van der Waals surface area (Å²) >= 11 is 6.41. The fraction of sp³-hybridized carbons (Fsp3) is 0.571. The zero-order chi connectivity index (χ0) is 12.8. The molecule has 1 aliphatic heterocycles. The number of hydrogen-bond acceptors (Lipinski definition) is 3. The fourth-order valence-electron chi connectivity index (χ4n) is 2.60. The van der Waals surface area contributed by atoms with E-state index < -0.39 is 0 Å². The second kappa shape index (κ2) is 4.32. The van der Waals surface area contributed by atoms with Crippen molar-refractivity contribution in [1.82, 2.24) is 0 Å². The lowest BCUT2D eigenvalue weighted by atomic mass is 9.95. The molecule has 4 heteroatoms. The summed E-state index contributed by atoms with van der Waals surface area (Å²) in [5.41, 5.74) is 8.28. The van der Waals surface area contributed by atoms with Crippen molar-refractivity contribution in [2.24, 2.45) is 5.73 Å². The standard InChI is InChI=1S/C14H18ClNO2/c1-2-9-12(14(16)4-5-14)10(15)8-11-13(9)18-7-3-6-17-11/h8H,2-7,16H2,1H3. The van der Waals surface area contributed by atoms with Crippen molar-refractivity contribution in [3.63, 3.8) is 0 Å². The van der Waals surface area contributed by atoms with Crippen LogP contribution in [0.4, 0.5) is 0 Å². The third kappa shape index (κ3) is 1.86. The minimum atomic E-state index is -0.243. The molecule has 1 saturated carbocycles. The van der Waals surface area contributed by atoms with Gasteiger partial charge in [-0.1, -0.05) is 18.5 Å². The molecule has 0 bridgehead atoms. The summed E-state index contributed by atoms with van der Waals surface area (Å²) in [4.78, 5) is 0. The molecule has 1 aromatic carbocycles. The van der Waals surface area contributed by atoms with Gasteiger partial charge in [0.15, 0.2) is 11.5 Å². The van der Waals surface area contributed by atoms with E-state index in [0.29, 0.717) is 13.2 Å². The van der Waals surface area contributed by atoms with Gasteiger partial charge in [-0.25, -0.2) is 0 Å². The van der Waals surface area contributed by atoms with Gasteiger partial charge >= 0.3 is 0 Å². The summed E-state index contributed by atoms with van der Waals surface area (Å²) in [7, 11) is 0. The third-order valence-corrected chi connectivity index (χ3v) is 4.03. The van der Waals surface area contributed by atoms with E-state index in [-0.39, 0.29) is 5.54 Å². The Balaban J connectivity index is 2.18. The minimum absolute atomic E-state index is 0.243. The lowest BCUT2D eigenvalue weighted by molar-refractivity contribution is 0.296. The smallest absolute Gasteiger partial charge is 0.164 e. The zero-order valence-corrected chi connectivity index (χ0v) is 11.3. The highest BCUT2D eigenvalue weighted by Crippen LogP contribution is 2.51. The van der Waals surface area contributed by atoms with E-state index in [9.17, 15) is 0 Å². The average Bonchev–Trinajstić information content (AvgIpc) is 3.11. The van der Waals surface area contributed by atoms with Crippen molar-refractivity contribution in [3.8, 4) is 11.5 Å². The van der Waals surface area contributed by atoms with Gasteiger partial charge in [-0.15, -0.1) is 0 Å². The van der Waals surface area contributed by atoms with Crippen LogP contribution in [0.3, 0.4) is 0 Å². The maximum atomic E-state index is 6.41. The Kier molecular flexibility index (Phi) is 2.91. The first-order valence-electron chi connectivity index (χ1n) is 6.56. The van der Waals surface area contributed by atoms with E-state index in [2.05, 4.69) is 6.92 Å². The maximum Gasteiger partial charge on any atom is 0.164 e. The molecule has 1 aromatic rings. The lowest BCUT2D eigenvalue weighted by Gasteiger charge is -2.21. The van der Waals surface area contributed by atoms with Gasteiger partial charge in [0, 0.05) is 28.6 Å². The van der Waals surface area contributed by atoms with Gasteiger partial charge in [-0.3, -0.25) is 0 Å². The molecule has 2 aliphatic rings. The molecule has 0 saturated heterocycles. The predicted molar refractivity (Wildman–Crippen MR) is 71.5 cm³/mol. The minimum Gasteiger partial charge on any atom is -0.489 e. The van der Waals surface area contributed by atoms with Crippen LogP contribution in [0.2, 0.25) is 5.02 Å². The molecule has 0 radical (unpaired) electrons. The summed E-state index contributed by atoms with van der Waals surface area (Å²) in [6.45, 7) is 3.48. The number of rotatable bonds is 2. The van der Waals surface area contributed by atoms with Crippen molar-refractivity contribution in [2.45, 2.75) is 38.1 Å². The Morgan fingerprint density at radius 3 is 2.72 bits per heavy atom. The van der Waals surface area contributed by atoms with Crippen LogP contribution in [-0.2, 0) is 12.0 Å². The first-order chi connectivity index (χ1) is 8.65. The number of halogens is 1. The van der Waals surface area contributed by atoms with Crippen LogP contribution in [0.15, 0.2) is 6.07 Å². The van der Waals surface area contributed by atoms with Crippen molar-refractivity contribution in [3.05, 3.63) is 22.2 Å². The van der Waals surface area contributed by atoms with Crippen molar-refractivity contribution >= 4 is 11.6 Å². The molecule has 0 unspecified atom stereocenters. The van der Waals surface area contributed by atoms with Crippen LogP contribution in [0, 0.1) is 0 Å². The van der Waals surface area contributed by atoms with Crippen LogP contribution in [0.25, 0.3) is 0 Å². The Labute approximate surface area is 112 Å². The number of nitrogens with two attached hydrogens (primary N) is 1. The summed E-state index contributed by atoms with van der Waals surface area (Å²) in [6.07, 6.45) is 3.76. The predicted octanol–water partition coefficient (Wildman–Crippen LogP) is 3.01. The summed E-state index contributed by atoms with van der Waals surface area (Å²) in [5.74, 6) is 1.62. The normalized spacial score (nSPS) is 20.4. The Bertz CT molecular complexity index is 483. The van der Waals surface area contributed by atoms with E-state index in [4.69, 9.17) is 26.8 Å². The van der Waals surface area contributed by atoms with Gasteiger partial charge in [-0.2, -0.15) is 0 Å². The van der Waals surface area contributed by atoms with Crippen molar-refractivity contribution in [2.75, 3.05) is 13.2 Å². The van der Waals surface area contributed by atoms with E-state index in [0.717, 1.165) is 53.3 Å². The number of fused-ring (bicyclic) bond motifs is 1. The van der Waals surface area contributed by atoms with E-state index in [1.807, 2.05) is 6.07 Å². The molecular formula is C14H18ClNO2. The van der Waals surface area contributed by atoms with Gasteiger partial charge in [0.2, 0.25) is 0 Å². The van der Waals surface area contributed by atoms with Crippen LogP contribution in [0.5, 0.6) is 11.5 Å². The molecule has 2 N–H and O–H groups in total. The molecule has 0 aromatic heterocycles. The zero-order valence-electron chi connectivity index (χ0n) is 10.6. The first kappa shape index (κ1) is 12.1. The van der Waals surface area contributed by atoms with Gasteiger partial charge in [-0.05, 0) is 24.8 Å². The molecule has 0 atom stereocenters. The number of ether oxygens (including phenoxy) is 2. The largest absolute Gasteiger partial charge is 0.489 e. The monoisotopic (exact) mass is 267 g/mol. The Hall–Kier alpha value is -0.930. The van der Waals surface area contributed by atoms with E-state index in [1.54, 1.807) is 0 Å². The fourth-order valence-corrected chi connectivity index (χ4v) is 3.00. The second-order valence-corrected chi connectivity index (χ2v) is 5.51. The molecule has 18 heavy (non-hydrogen) atoms. The summed E-state index contributed by atoms with van der Waals surface area (Å²) < 4.78 is 11.6. The Morgan fingerprint density at radius 1 is 1.33 bits per heavy atom. The molecule has 1 fully saturated rings. The highest BCUT2D eigenvalue weighted by Gasteiger charge is 2.44. The topological polar surface area (TPSA) is 44.5 Å². The van der Waals surface area contributed by atoms with Crippen LogP contribution in [-0.4, -0.2) is 13.2 Å². The van der Waals surface area contributed by atoms with Gasteiger partial charge in [0.25, 0.3) is 0 Å². The molecule has 0 spiro atoms. The van der Waals surface area contributed by atoms with Crippen LogP contribution < -0.4 is 15.2 Å². The van der Waals surface area contributed by atoms with E-state index in [1.165, 1.54) is 0 Å². The van der Waals surface area contributed by atoms with Gasteiger partial charge in [0.05, 0.1) is 13.2 Å². The van der Waals surface area contributed by atoms with Crippen LogP contribution in [0.1, 0.15) is 37.3 Å². The third-order valence-electron chi connectivity index (χ3n) is 3.73. The molecular weight excluding hydrogens is 250 g/mol. The Morgan fingerprint density at radius 2 is 2.06 bits per heavy atom. The maximum absolute atomic E-state index is 6.41. The van der Waals surface area contributed by atoms with Crippen LogP contribution >= 0.6 is 11.6 Å². The summed E-state index contributed by atoms with van der Waals surface area (Å²) in [6, 6.07) is 1.86. The second-order valence-electron chi connectivity index (χ2n) is 5.10. The van der Waals surface area contributed by atoms with Crippen molar-refractivity contribution < 1.29 is 9.47 Å². The SMILES string of the molecule is CCc1c2c(cc(Cl)c1C1(N)CC1)OCCCO2. The first-order valence-corrected chi connectivity index (χ1v) is 6.94. The van der Waals surface area contributed by atoms with Gasteiger partial charge in [0.1, 0.15) is 0 Å². The van der Waals surface area contributed by atoms with Gasteiger partial charge < -0.3 is 15.2 Å².